The topological polar surface area (TPSA) is 63.2 Å². The Morgan fingerprint density at radius 1 is 0.900 bits per heavy atom. The number of halogens is 1. The largest absolute Gasteiger partial charge is 0.356 e. The number of guanidine groups is 1. The van der Waals surface area contributed by atoms with Crippen LogP contribution in [0.1, 0.15) is 45.4 Å². The lowest BCUT2D eigenvalue weighted by atomic mass is 9.84. The lowest BCUT2D eigenvalue weighted by molar-refractivity contribution is -0.139. The molecule has 0 aromatic heterocycles. The first-order chi connectivity index (χ1) is 14.2. The first-order valence-corrected chi connectivity index (χ1v) is 11.8. The normalized spacial score (nSPS) is 22.3. The summed E-state index contributed by atoms with van der Waals surface area (Å²) in [6.45, 7) is 12.7. The summed E-state index contributed by atoms with van der Waals surface area (Å²) in [7, 11) is 1.84. The Morgan fingerprint density at radius 3 is 2.13 bits per heavy atom. The van der Waals surface area contributed by atoms with Crippen molar-refractivity contribution in [3.05, 3.63) is 0 Å². The number of carbonyl (C=O) groups excluding carboxylic acids is 1. The number of aliphatic imine (C=N–C) groups is 1. The fourth-order valence-electron chi connectivity index (χ4n) is 4.45. The van der Waals surface area contributed by atoms with E-state index >= 15 is 0 Å². The van der Waals surface area contributed by atoms with Crippen molar-refractivity contribution in [1.29, 1.82) is 0 Å². The van der Waals surface area contributed by atoms with Gasteiger partial charge in [-0.1, -0.05) is 13.3 Å². The molecule has 8 heteroatoms. The average Bonchev–Trinajstić information content (AvgIpc) is 2.70. The van der Waals surface area contributed by atoms with Crippen molar-refractivity contribution in [2.24, 2.45) is 16.8 Å². The number of piperazine rings is 1. The Labute approximate surface area is 200 Å². The molecule has 0 spiro atoms. The number of amides is 1. The molecule has 2 aliphatic heterocycles. The van der Waals surface area contributed by atoms with E-state index < -0.39 is 0 Å². The molecule has 0 aromatic rings. The molecule has 1 amide bonds. The molecular formula is C22H43IN6O. The highest BCUT2D eigenvalue weighted by atomic mass is 127. The lowest BCUT2D eigenvalue weighted by Crippen LogP contribution is -2.52. The van der Waals surface area contributed by atoms with E-state index in [9.17, 15) is 4.79 Å². The number of nitrogens with one attached hydrogen (secondary N) is 2. The molecule has 0 aromatic carbocycles. The van der Waals surface area contributed by atoms with Gasteiger partial charge in [0.2, 0.25) is 5.91 Å². The summed E-state index contributed by atoms with van der Waals surface area (Å²) in [5, 5.41) is 6.88. The van der Waals surface area contributed by atoms with Crippen LogP contribution in [0.3, 0.4) is 0 Å². The van der Waals surface area contributed by atoms with E-state index in [-0.39, 0.29) is 24.0 Å². The number of nitrogens with zero attached hydrogens (tertiary/aromatic N) is 4. The van der Waals surface area contributed by atoms with E-state index in [2.05, 4.69) is 37.2 Å². The van der Waals surface area contributed by atoms with E-state index in [1.807, 2.05) is 7.05 Å². The molecule has 2 saturated heterocycles. The molecule has 0 unspecified atom stereocenters. The Hall–Kier alpha value is -0.610. The quantitative estimate of drug-likeness (QED) is 0.216. The molecule has 0 radical (unpaired) electrons. The zero-order chi connectivity index (χ0) is 20.5. The highest BCUT2D eigenvalue weighted by Gasteiger charge is 2.31. The molecule has 0 bridgehead atoms. The Bertz CT molecular complexity index is 526. The number of likely N-dealkylation sites (tertiary alicyclic amines) is 1. The maximum atomic E-state index is 12.3. The van der Waals surface area contributed by atoms with Crippen molar-refractivity contribution in [3.8, 4) is 0 Å². The molecule has 7 nitrogen and oxygen atoms in total. The zero-order valence-corrected chi connectivity index (χ0v) is 21.4. The minimum atomic E-state index is 0. The van der Waals surface area contributed by atoms with Crippen molar-refractivity contribution in [2.45, 2.75) is 45.4 Å². The van der Waals surface area contributed by atoms with Gasteiger partial charge in [-0.2, -0.15) is 0 Å². The summed E-state index contributed by atoms with van der Waals surface area (Å²) in [6, 6.07) is 0. The summed E-state index contributed by atoms with van der Waals surface area (Å²) in [4.78, 5) is 23.8. The molecule has 2 N–H and O–H groups in total. The summed E-state index contributed by atoms with van der Waals surface area (Å²) < 4.78 is 0. The van der Waals surface area contributed by atoms with E-state index in [4.69, 9.17) is 0 Å². The maximum Gasteiger partial charge on any atom is 0.225 e. The monoisotopic (exact) mass is 534 g/mol. The van der Waals surface area contributed by atoms with Crippen LogP contribution < -0.4 is 10.6 Å². The molecule has 1 aliphatic carbocycles. The predicted molar refractivity (Wildman–Crippen MR) is 135 cm³/mol. The minimum absolute atomic E-state index is 0. The molecule has 3 aliphatic rings. The second kappa shape index (κ2) is 13.7. The van der Waals surface area contributed by atoms with Gasteiger partial charge in [-0.15, -0.1) is 24.0 Å². The molecule has 2 heterocycles. The van der Waals surface area contributed by atoms with Crippen molar-refractivity contribution < 1.29 is 4.79 Å². The van der Waals surface area contributed by atoms with Crippen molar-refractivity contribution in [1.82, 2.24) is 25.3 Å². The third-order valence-electron chi connectivity index (χ3n) is 6.90. The Morgan fingerprint density at radius 2 is 1.53 bits per heavy atom. The first-order valence-electron chi connectivity index (χ1n) is 11.8. The van der Waals surface area contributed by atoms with Crippen molar-refractivity contribution in [2.75, 3.05) is 72.5 Å². The number of hydrogen-bond donors (Lipinski definition) is 2. The lowest BCUT2D eigenvalue weighted by Gasteiger charge is -2.38. The van der Waals surface area contributed by atoms with Gasteiger partial charge in [-0.05, 0) is 57.7 Å². The average molecular weight is 535 g/mol. The first kappa shape index (κ1) is 25.6. The number of piperidine rings is 1. The predicted octanol–water partition coefficient (Wildman–Crippen LogP) is 1.84. The molecule has 3 rings (SSSR count). The second-order valence-electron chi connectivity index (χ2n) is 9.10. The van der Waals surface area contributed by atoms with Crippen LogP contribution in [0.15, 0.2) is 4.99 Å². The molecular weight excluding hydrogens is 491 g/mol. The van der Waals surface area contributed by atoms with Gasteiger partial charge < -0.3 is 20.4 Å². The van der Waals surface area contributed by atoms with Crippen molar-refractivity contribution >= 4 is 35.8 Å². The van der Waals surface area contributed by atoms with Gasteiger partial charge in [0.15, 0.2) is 5.96 Å². The van der Waals surface area contributed by atoms with Gasteiger partial charge in [0.25, 0.3) is 0 Å². The number of hydrogen-bond acceptors (Lipinski definition) is 4. The summed E-state index contributed by atoms with van der Waals surface area (Å²) in [5.74, 6) is 2.53. The van der Waals surface area contributed by atoms with Crippen LogP contribution in [0.4, 0.5) is 0 Å². The van der Waals surface area contributed by atoms with E-state index in [1.54, 1.807) is 0 Å². The molecule has 174 valence electrons. The van der Waals surface area contributed by atoms with Crippen LogP contribution in [0.2, 0.25) is 0 Å². The minimum Gasteiger partial charge on any atom is -0.356 e. The Balaban J connectivity index is 0.00000320. The summed E-state index contributed by atoms with van der Waals surface area (Å²) in [5.41, 5.74) is 0. The Kier molecular flexibility index (Phi) is 11.7. The summed E-state index contributed by atoms with van der Waals surface area (Å²) >= 11 is 0. The highest BCUT2D eigenvalue weighted by Crippen LogP contribution is 2.28. The van der Waals surface area contributed by atoms with Crippen molar-refractivity contribution in [3.63, 3.8) is 0 Å². The highest BCUT2D eigenvalue weighted by molar-refractivity contribution is 14.0. The molecule has 30 heavy (non-hydrogen) atoms. The molecule has 1 saturated carbocycles. The van der Waals surface area contributed by atoms with E-state index in [0.29, 0.717) is 11.8 Å². The standard InChI is InChI=1S/C22H42N6O.HI/c1-19-7-12-26(13-8-19)11-4-9-24-22(23-2)25-10-14-27-15-17-28(18-16-27)21(29)20-5-3-6-20;/h19-20H,3-18H2,1-2H3,(H2,23,24,25);1H. The van der Waals surface area contributed by atoms with E-state index in [1.165, 1.54) is 38.9 Å². The second-order valence-corrected chi connectivity index (χ2v) is 9.10. The van der Waals surface area contributed by atoms with Crippen LogP contribution in [0.25, 0.3) is 0 Å². The van der Waals surface area contributed by atoms with Gasteiger partial charge >= 0.3 is 0 Å². The molecule has 3 fully saturated rings. The van der Waals surface area contributed by atoms with E-state index in [0.717, 1.165) is 77.0 Å². The van der Waals surface area contributed by atoms with Gasteiger partial charge in [0.05, 0.1) is 0 Å². The van der Waals surface area contributed by atoms with Crippen LogP contribution in [0.5, 0.6) is 0 Å². The summed E-state index contributed by atoms with van der Waals surface area (Å²) in [6.07, 6.45) is 7.29. The van der Waals surface area contributed by atoms with Gasteiger partial charge in [-0.3, -0.25) is 14.7 Å². The van der Waals surface area contributed by atoms with Gasteiger partial charge in [-0.25, -0.2) is 0 Å². The van der Waals surface area contributed by atoms with Gasteiger partial charge in [0.1, 0.15) is 0 Å². The number of rotatable bonds is 8. The third-order valence-corrected chi connectivity index (χ3v) is 6.90. The van der Waals surface area contributed by atoms with Crippen LogP contribution >= 0.6 is 24.0 Å². The maximum absolute atomic E-state index is 12.3. The fraction of sp³-hybridized carbons (Fsp3) is 0.909. The third kappa shape index (κ3) is 8.15. The van der Waals surface area contributed by atoms with Gasteiger partial charge in [0, 0.05) is 58.8 Å². The van der Waals surface area contributed by atoms with Crippen LogP contribution in [-0.2, 0) is 4.79 Å². The van der Waals surface area contributed by atoms with Crippen LogP contribution in [-0.4, -0.2) is 99.1 Å². The SMILES string of the molecule is CN=C(NCCCN1CCC(C)CC1)NCCN1CCN(C(=O)C2CCC2)CC1.I. The fourth-order valence-corrected chi connectivity index (χ4v) is 4.45. The molecule has 0 atom stereocenters. The smallest absolute Gasteiger partial charge is 0.225 e. The van der Waals surface area contributed by atoms with Crippen LogP contribution in [0, 0.1) is 11.8 Å². The zero-order valence-electron chi connectivity index (χ0n) is 19.1. The number of carbonyl (C=O) groups is 1.